The number of hydrogen-bond donors (Lipinski definition) is 1. The monoisotopic (exact) mass is 216 g/mol. The molecule has 84 valence electrons. The Morgan fingerprint density at radius 2 is 2.07 bits per heavy atom. The SMILES string of the molecule is COc1c(F)cc(F)cc1CC[C@H](C)O. The van der Waals surface area contributed by atoms with Crippen LogP contribution < -0.4 is 4.74 Å². The van der Waals surface area contributed by atoms with E-state index >= 15 is 0 Å². The zero-order valence-electron chi connectivity index (χ0n) is 8.76. The van der Waals surface area contributed by atoms with Gasteiger partial charge < -0.3 is 9.84 Å². The van der Waals surface area contributed by atoms with Crippen LogP contribution in [0.15, 0.2) is 12.1 Å². The van der Waals surface area contributed by atoms with Crippen molar-refractivity contribution in [1.82, 2.24) is 0 Å². The van der Waals surface area contributed by atoms with Gasteiger partial charge in [0.25, 0.3) is 0 Å². The highest BCUT2D eigenvalue weighted by molar-refractivity contribution is 5.35. The van der Waals surface area contributed by atoms with E-state index < -0.39 is 17.7 Å². The number of halogens is 2. The van der Waals surface area contributed by atoms with Crippen molar-refractivity contribution in [3.8, 4) is 5.75 Å². The summed E-state index contributed by atoms with van der Waals surface area (Å²) in [5.41, 5.74) is 0.441. The summed E-state index contributed by atoms with van der Waals surface area (Å²) < 4.78 is 31.0. The lowest BCUT2D eigenvalue weighted by Crippen LogP contribution is -2.04. The summed E-state index contributed by atoms with van der Waals surface area (Å²) in [6.45, 7) is 1.63. The van der Waals surface area contributed by atoms with Crippen LogP contribution in [-0.4, -0.2) is 18.3 Å². The molecule has 0 aliphatic carbocycles. The molecule has 0 saturated carbocycles. The third kappa shape index (κ3) is 3.16. The molecule has 0 heterocycles. The molecule has 1 rings (SSSR count). The standard InChI is InChI=1S/C11H14F2O2/c1-7(14)3-4-8-5-9(12)6-10(13)11(8)15-2/h5-7,14H,3-4H2,1-2H3/t7-/m0/s1. The smallest absolute Gasteiger partial charge is 0.168 e. The van der Waals surface area contributed by atoms with Crippen molar-refractivity contribution >= 4 is 0 Å². The Labute approximate surface area is 87.5 Å². The number of aliphatic hydroxyl groups excluding tert-OH is 1. The number of benzene rings is 1. The lowest BCUT2D eigenvalue weighted by molar-refractivity contribution is 0.184. The van der Waals surface area contributed by atoms with Gasteiger partial charge in [0.2, 0.25) is 0 Å². The summed E-state index contributed by atoms with van der Waals surface area (Å²) in [7, 11) is 1.34. The molecule has 0 unspecified atom stereocenters. The van der Waals surface area contributed by atoms with E-state index in [9.17, 15) is 8.78 Å². The zero-order chi connectivity index (χ0) is 11.4. The number of methoxy groups -OCH3 is 1. The van der Waals surface area contributed by atoms with Crippen LogP contribution in [-0.2, 0) is 6.42 Å². The van der Waals surface area contributed by atoms with Gasteiger partial charge in [0, 0.05) is 11.6 Å². The van der Waals surface area contributed by atoms with Crippen LogP contribution in [0, 0.1) is 11.6 Å². The Morgan fingerprint density at radius 1 is 1.40 bits per heavy atom. The predicted molar refractivity (Wildman–Crippen MR) is 52.9 cm³/mol. The summed E-state index contributed by atoms with van der Waals surface area (Å²) in [4.78, 5) is 0. The molecule has 0 bridgehead atoms. The largest absolute Gasteiger partial charge is 0.493 e. The van der Waals surface area contributed by atoms with Crippen molar-refractivity contribution in [3.05, 3.63) is 29.3 Å². The van der Waals surface area contributed by atoms with Crippen LogP contribution in [0.4, 0.5) is 8.78 Å². The van der Waals surface area contributed by atoms with Crippen molar-refractivity contribution in [3.63, 3.8) is 0 Å². The van der Waals surface area contributed by atoms with Gasteiger partial charge in [0.1, 0.15) is 5.82 Å². The molecule has 0 amide bonds. The van der Waals surface area contributed by atoms with Crippen molar-refractivity contribution in [2.24, 2.45) is 0 Å². The van der Waals surface area contributed by atoms with Gasteiger partial charge in [-0.15, -0.1) is 0 Å². The highest BCUT2D eigenvalue weighted by Gasteiger charge is 2.12. The van der Waals surface area contributed by atoms with Gasteiger partial charge in [0.05, 0.1) is 13.2 Å². The quantitative estimate of drug-likeness (QED) is 0.836. The third-order valence-electron chi connectivity index (χ3n) is 2.12. The van der Waals surface area contributed by atoms with E-state index in [0.717, 1.165) is 6.07 Å². The van der Waals surface area contributed by atoms with E-state index in [0.29, 0.717) is 18.4 Å². The van der Waals surface area contributed by atoms with Gasteiger partial charge in [-0.05, 0) is 25.8 Å². The maximum atomic E-state index is 13.2. The van der Waals surface area contributed by atoms with Gasteiger partial charge >= 0.3 is 0 Å². The Hall–Kier alpha value is -1.16. The van der Waals surface area contributed by atoms with Crippen molar-refractivity contribution in [1.29, 1.82) is 0 Å². The molecule has 0 saturated heterocycles. The van der Waals surface area contributed by atoms with Crippen LogP contribution in [0.5, 0.6) is 5.75 Å². The highest BCUT2D eigenvalue weighted by atomic mass is 19.1. The summed E-state index contributed by atoms with van der Waals surface area (Å²) in [5.74, 6) is -1.29. The first-order chi connectivity index (χ1) is 7.04. The first-order valence-corrected chi connectivity index (χ1v) is 4.74. The Bertz CT molecular complexity index is 338. The highest BCUT2D eigenvalue weighted by Crippen LogP contribution is 2.25. The molecule has 1 atom stereocenters. The second kappa shape index (κ2) is 5.07. The number of ether oxygens (including phenoxy) is 1. The van der Waals surface area contributed by atoms with E-state index in [-0.39, 0.29) is 5.75 Å². The van der Waals surface area contributed by atoms with Crippen LogP contribution in [0.3, 0.4) is 0 Å². The molecule has 0 aromatic heterocycles. The van der Waals surface area contributed by atoms with Gasteiger partial charge in [-0.2, -0.15) is 0 Å². The lowest BCUT2D eigenvalue weighted by atomic mass is 10.1. The number of hydrogen-bond acceptors (Lipinski definition) is 2. The Morgan fingerprint density at radius 3 is 2.60 bits per heavy atom. The number of rotatable bonds is 4. The molecule has 0 spiro atoms. The molecule has 0 radical (unpaired) electrons. The fourth-order valence-corrected chi connectivity index (χ4v) is 1.39. The van der Waals surface area contributed by atoms with Gasteiger partial charge in [-0.1, -0.05) is 0 Å². The molecule has 2 nitrogen and oxygen atoms in total. The number of aliphatic hydroxyl groups is 1. The summed E-state index contributed by atoms with van der Waals surface area (Å²) in [6.07, 6.45) is 0.329. The minimum Gasteiger partial charge on any atom is -0.493 e. The normalized spacial score (nSPS) is 12.6. The van der Waals surface area contributed by atoms with E-state index in [1.807, 2.05) is 0 Å². The van der Waals surface area contributed by atoms with Crippen LogP contribution in [0.2, 0.25) is 0 Å². The van der Waals surface area contributed by atoms with Crippen LogP contribution in [0.1, 0.15) is 18.9 Å². The van der Waals surface area contributed by atoms with Gasteiger partial charge in [0.15, 0.2) is 11.6 Å². The number of aryl methyl sites for hydroxylation is 1. The maximum Gasteiger partial charge on any atom is 0.168 e. The molecule has 4 heteroatoms. The third-order valence-corrected chi connectivity index (χ3v) is 2.12. The van der Waals surface area contributed by atoms with E-state index in [2.05, 4.69) is 0 Å². The molecule has 0 aliphatic rings. The summed E-state index contributed by atoms with van der Waals surface area (Å²) in [6, 6.07) is 2.01. The molecule has 0 fully saturated rings. The van der Waals surface area contributed by atoms with Crippen LogP contribution >= 0.6 is 0 Å². The van der Waals surface area contributed by atoms with E-state index in [4.69, 9.17) is 9.84 Å². The topological polar surface area (TPSA) is 29.5 Å². The minimum atomic E-state index is -0.710. The first-order valence-electron chi connectivity index (χ1n) is 4.74. The molecule has 1 aromatic carbocycles. The lowest BCUT2D eigenvalue weighted by Gasteiger charge is -2.10. The van der Waals surface area contributed by atoms with E-state index in [1.165, 1.54) is 13.2 Å². The van der Waals surface area contributed by atoms with Crippen molar-refractivity contribution < 1.29 is 18.6 Å². The molecule has 1 N–H and O–H groups in total. The fourth-order valence-electron chi connectivity index (χ4n) is 1.39. The van der Waals surface area contributed by atoms with Gasteiger partial charge in [-0.3, -0.25) is 0 Å². The minimum absolute atomic E-state index is 0.0528. The predicted octanol–water partition coefficient (Wildman–Crippen LogP) is 2.29. The average Bonchev–Trinajstić information content (AvgIpc) is 2.13. The molecular formula is C11H14F2O2. The second-order valence-corrected chi connectivity index (χ2v) is 3.47. The molecule has 15 heavy (non-hydrogen) atoms. The maximum absolute atomic E-state index is 13.2. The first kappa shape index (κ1) is 11.9. The summed E-state index contributed by atoms with van der Waals surface area (Å²) in [5, 5.41) is 9.09. The Balaban J connectivity index is 2.93. The molecule has 1 aromatic rings. The Kier molecular flexibility index (Phi) is 4.03. The fraction of sp³-hybridized carbons (Fsp3) is 0.455. The average molecular weight is 216 g/mol. The summed E-state index contributed by atoms with van der Waals surface area (Å²) >= 11 is 0. The molecule has 0 aliphatic heterocycles. The van der Waals surface area contributed by atoms with E-state index in [1.54, 1.807) is 6.92 Å². The van der Waals surface area contributed by atoms with Crippen molar-refractivity contribution in [2.75, 3.05) is 7.11 Å². The van der Waals surface area contributed by atoms with Crippen molar-refractivity contribution in [2.45, 2.75) is 25.9 Å². The van der Waals surface area contributed by atoms with Crippen LogP contribution in [0.25, 0.3) is 0 Å². The molecular weight excluding hydrogens is 202 g/mol. The zero-order valence-corrected chi connectivity index (χ0v) is 8.76. The second-order valence-electron chi connectivity index (χ2n) is 3.47. The van der Waals surface area contributed by atoms with Gasteiger partial charge in [-0.25, -0.2) is 8.78 Å².